The zero-order chi connectivity index (χ0) is 24.6. The highest BCUT2D eigenvalue weighted by Crippen LogP contribution is 2.25. The van der Waals surface area contributed by atoms with Crippen LogP contribution >= 0.6 is 0 Å². The average molecular weight is 459 g/mol. The number of nitrogens with one attached hydrogen (secondary N) is 2. The lowest BCUT2D eigenvalue weighted by atomic mass is 9.84. The van der Waals surface area contributed by atoms with E-state index in [4.69, 9.17) is 5.11 Å². The van der Waals surface area contributed by atoms with E-state index in [9.17, 15) is 14.4 Å². The quantitative estimate of drug-likeness (QED) is 0.407. The lowest BCUT2D eigenvalue weighted by molar-refractivity contribution is -0.141. The summed E-state index contributed by atoms with van der Waals surface area (Å²) in [4.78, 5) is 45.1. The van der Waals surface area contributed by atoms with Crippen molar-refractivity contribution in [3.8, 4) is 0 Å². The third kappa shape index (κ3) is 7.12. The first-order valence-corrected chi connectivity index (χ1v) is 11.6. The van der Waals surface area contributed by atoms with Crippen molar-refractivity contribution in [3.63, 3.8) is 0 Å². The number of hydrogen-bond acceptors (Lipinski definition) is 5. The molecule has 33 heavy (non-hydrogen) atoms. The van der Waals surface area contributed by atoms with Gasteiger partial charge in [0.15, 0.2) is 0 Å². The van der Waals surface area contributed by atoms with E-state index in [1.807, 2.05) is 52.0 Å². The summed E-state index contributed by atoms with van der Waals surface area (Å²) in [6.07, 6.45) is 1.93. The highest BCUT2D eigenvalue weighted by molar-refractivity contribution is 6.45. The number of aliphatic imine (C=N–C) groups is 1. The molecule has 8 heteroatoms. The van der Waals surface area contributed by atoms with Crippen LogP contribution in [-0.4, -0.2) is 72.8 Å². The minimum Gasteiger partial charge on any atom is -0.396 e. The number of carbonyl (C=O) groups excluding carboxylic acids is 3. The Hall–Kier alpha value is -2.74. The Kier molecular flexibility index (Phi) is 9.58. The molecule has 0 aromatic heterocycles. The number of carbonyl (C=O) groups is 3. The summed E-state index contributed by atoms with van der Waals surface area (Å²) in [6, 6.07) is 6.75. The molecule has 1 heterocycles. The summed E-state index contributed by atoms with van der Waals surface area (Å²) < 4.78 is 0. The highest BCUT2D eigenvalue weighted by atomic mass is 16.3. The monoisotopic (exact) mass is 458 g/mol. The summed E-state index contributed by atoms with van der Waals surface area (Å²) in [5, 5.41) is 14.7. The fraction of sp³-hybridized carbons (Fsp3) is 0.600. The number of amides is 3. The van der Waals surface area contributed by atoms with Crippen LogP contribution in [0.5, 0.6) is 0 Å². The molecule has 0 radical (unpaired) electrons. The lowest BCUT2D eigenvalue weighted by Gasteiger charge is -2.38. The maximum atomic E-state index is 13.5. The molecule has 1 saturated heterocycles. The lowest BCUT2D eigenvalue weighted by Crippen LogP contribution is -2.58. The maximum Gasteiger partial charge on any atom is 0.270 e. The first-order valence-electron chi connectivity index (χ1n) is 11.6. The third-order valence-electron chi connectivity index (χ3n) is 5.97. The molecule has 0 saturated carbocycles. The molecule has 0 bridgehead atoms. The van der Waals surface area contributed by atoms with Gasteiger partial charge in [-0.15, -0.1) is 0 Å². The number of likely N-dealkylation sites (tertiary alicyclic amines) is 1. The standard InChI is InChI=1S/C25H38N4O4/c1-17-10-6-7-12-19(17)20(26-5)23(32)28-21(25(2,3)4)24(33)29-14-8-11-18(16-29)22(31)27-13-9-15-30/h6-7,10,12,18,21,30H,8-9,11,13-16H2,1-5H3,(H,27,31)(H,28,32). The van der Waals surface area contributed by atoms with Crippen LogP contribution in [0, 0.1) is 18.3 Å². The molecule has 3 amide bonds. The smallest absolute Gasteiger partial charge is 0.270 e. The fourth-order valence-electron chi connectivity index (χ4n) is 4.04. The molecule has 2 rings (SSSR count). The van der Waals surface area contributed by atoms with Crippen LogP contribution in [0.4, 0.5) is 0 Å². The molecule has 1 fully saturated rings. The van der Waals surface area contributed by atoms with Crippen LogP contribution in [0.1, 0.15) is 51.2 Å². The van der Waals surface area contributed by atoms with Crippen molar-refractivity contribution in [1.82, 2.24) is 15.5 Å². The second kappa shape index (κ2) is 11.9. The Morgan fingerprint density at radius 1 is 1.24 bits per heavy atom. The Morgan fingerprint density at radius 3 is 2.55 bits per heavy atom. The molecular weight excluding hydrogens is 420 g/mol. The van der Waals surface area contributed by atoms with E-state index in [1.165, 1.54) is 0 Å². The zero-order valence-corrected chi connectivity index (χ0v) is 20.5. The number of hydrogen-bond donors (Lipinski definition) is 3. The van der Waals surface area contributed by atoms with Gasteiger partial charge in [0.1, 0.15) is 11.8 Å². The van der Waals surface area contributed by atoms with E-state index >= 15 is 0 Å². The molecule has 2 atom stereocenters. The van der Waals surface area contributed by atoms with E-state index in [0.717, 1.165) is 17.5 Å². The molecule has 1 aliphatic rings. The number of aliphatic hydroxyl groups is 1. The van der Waals surface area contributed by atoms with E-state index in [-0.39, 0.29) is 30.1 Å². The summed E-state index contributed by atoms with van der Waals surface area (Å²) >= 11 is 0. The highest BCUT2D eigenvalue weighted by Gasteiger charge is 2.39. The van der Waals surface area contributed by atoms with E-state index < -0.39 is 17.4 Å². The fourth-order valence-corrected chi connectivity index (χ4v) is 4.04. The Balaban J connectivity index is 2.16. The van der Waals surface area contributed by atoms with E-state index in [0.29, 0.717) is 32.5 Å². The third-order valence-corrected chi connectivity index (χ3v) is 5.97. The van der Waals surface area contributed by atoms with Crippen molar-refractivity contribution in [3.05, 3.63) is 35.4 Å². The summed E-state index contributed by atoms with van der Waals surface area (Å²) in [5.41, 5.74) is 1.41. The van der Waals surface area contributed by atoms with Crippen molar-refractivity contribution < 1.29 is 19.5 Å². The van der Waals surface area contributed by atoms with Gasteiger partial charge in [0.2, 0.25) is 11.8 Å². The second-order valence-electron chi connectivity index (χ2n) is 9.65. The van der Waals surface area contributed by atoms with Crippen molar-refractivity contribution >= 4 is 23.4 Å². The molecule has 1 aromatic carbocycles. The van der Waals surface area contributed by atoms with Crippen LogP contribution < -0.4 is 10.6 Å². The zero-order valence-electron chi connectivity index (χ0n) is 20.5. The number of benzene rings is 1. The Bertz CT molecular complexity index is 875. The number of rotatable bonds is 8. The van der Waals surface area contributed by atoms with Gasteiger partial charge in [0.05, 0.1) is 5.92 Å². The van der Waals surface area contributed by atoms with Crippen molar-refractivity contribution in [2.24, 2.45) is 16.3 Å². The van der Waals surface area contributed by atoms with Crippen LogP contribution in [0.3, 0.4) is 0 Å². The second-order valence-corrected chi connectivity index (χ2v) is 9.65. The minimum absolute atomic E-state index is 0.0219. The topological polar surface area (TPSA) is 111 Å². The predicted octanol–water partition coefficient (Wildman–Crippen LogP) is 1.68. The van der Waals surface area contributed by atoms with Gasteiger partial charge in [0, 0.05) is 38.9 Å². The van der Waals surface area contributed by atoms with Crippen LogP contribution in [0.2, 0.25) is 0 Å². The molecule has 0 spiro atoms. The van der Waals surface area contributed by atoms with Gasteiger partial charge in [0.25, 0.3) is 5.91 Å². The molecule has 8 nitrogen and oxygen atoms in total. The molecule has 182 valence electrons. The first kappa shape index (κ1) is 26.5. The molecule has 0 aliphatic carbocycles. The number of piperidine rings is 1. The number of aryl methyl sites for hydroxylation is 1. The number of nitrogens with zero attached hydrogens (tertiary/aromatic N) is 2. The Morgan fingerprint density at radius 2 is 1.94 bits per heavy atom. The minimum atomic E-state index is -0.762. The van der Waals surface area contributed by atoms with E-state index in [2.05, 4.69) is 15.6 Å². The molecule has 3 N–H and O–H groups in total. The summed E-state index contributed by atoms with van der Waals surface area (Å²) in [5.74, 6) is -0.978. The van der Waals surface area contributed by atoms with Crippen LogP contribution in [0.15, 0.2) is 29.3 Å². The van der Waals surface area contributed by atoms with Crippen molar-refractivity contribution in [2.75, 3.05) is 33.3 Å². The largest absolute Gasteiger partial charge is 0.396 e. The van der Waals surface area contributed by atoms with Gasteiger partial charge in [-0.3, -0.25) is 19.4 Å². The van der Waals surface area contributed by atoms with Gasteiger partial charge >= 0.3 is 0 Å². The number of aliphatic hydroxyl groups excluding tert-OH is 1. The van der Waals surface area contributed by atoms with Crippen LogP contribution in [0.25, 0.3) is 0 Å². The van der Waals surface area contributed by atoms with Gasteiger partial charge in [-0.2, -0.15) is 0 Å². The van der Waals surface area contributed by atoms with Gasteiger partial charge < -0.3 is 20.6 Å². The first-order chi connectivity index (χ1) is 15.6. The van der Waals surface area contributed by atoms with Crippen LogP contribution in [-0.2, 0) is 14.4 Å². The molecule has 1 aromatic rings. The normalized spacial score (nSPS) is 17.9. The maximum absolute atomic E-state index is 13.5. The summed E-state index contributed by atoms with van der Waals surface area (Å²) in [7, 11) is 1.57. The molecule has 1 aliphatic heterocycles. The van der Waals surface area contributed by atoms with E-state index in [1.54, 1.807) is 11.9 Å². The average Bonchev–Trinajstić information content (AvgIpc) is 2.78. The summed E-state index contributed by atoms with van der Waals surface area (Å²) in [6.45, 7) is 8.96. The predicted molar refractivity (Wildman–Crippen MR) is 129 cm³/mol. The van der Waals surface area contributed by atoms with Gasteiger partial charge in [-0.05, 0) is 37.2 Å². The van der Waals surface area contributed by atoms with Crippen molar-refractivity contribution in [1.29, 1.82) is 0 Å². The molecule has 2 unspecified atom stereocenters. The van der Waals surface area contributed by atoms with Crippen molar-refractivity contribution in [2.45, 2.75) is 53.0 Å². The SMILES string of the molecule is CN=C(C(=O)NC(C(=O)N1CCCC(C(=O)NCCCO)C1)C(C)(C)C)c1ccccc1C. The Labute approximate surface area is 196 Å². The molecular formula is C25H38N4O4. The van der Waals surface area contributed by atoms with Gasteiger partial charge in [-0.1, -0.05) is 45.0 Å². The van der Waals surface area contributed by atoms with Gasteiger partial charge in [-0.25, -0.2) is 0 Å².